The molecule has 0 bridgehead atoms. The Balaban J connectivity index is 1.84. The summed E-state index contributed by atoms with van der Waals surface area (Å²) in [6, 6.07) is 14.2. The lowest BCUT2D eigenvalue weighted by Gasteiger charge is -2.10. The number of anilines is 1. The first-order valence-electron chi connectivity index (χ1n) is 7.62. The zero-order chi connectivity index (χ0) is 16.9. The van der Waals surface area contributed by atoms with E-state index >= 15 is 0 Å². The van der Waals surface area contributed by atoms with E-state index in [1.54, 1.807) is 30.3 Å². The molecule has 2 aromatic carbocycles. The Kier molecular flexibility index (Phi) is 4.91. The fourth-order valence-corrected chi connectivity index (χ4v) is 2.45. The number of carbonyl (C=O) groups is 1. The highest BCUT2D eigenvalue weighted by molar-refractivity contribution is 6.31. The largest absolute Gasteiger partial charge is 0.376 e. The Labute approximate surface area is 144 Å². The van der Waals surface area contributed by atoms with Crippen molar-refractivity contribution in [3.8, 4) is 0 Å². The number of hydrogen-bond donors (Lipinski definition) is 1. The van der Waals surface area contributed by atoms with Crippen LogP contribution in [0.2, 0.25) is 5.02 Å². The normalized spacial score (nSPS) is 10.6. The van der Waals surface area contributed by atoms with E-state index in [1.807, 2.05) is 25.1 Å². The first kappa shape index (κ1) is 16.2. The number of halogens is 1. The summed E-state index contributed by atoms with van der Waals surface area (Å²) < 4.78 is 5.15. The number of hydrogen-bond acceptors (Lipinski definition) is 5. The minimum atomic E-state index is -0.0969. The van der Waals surface area contributed by atoms with Gasteiger partial charge in [-0.2, -0.15) is 4.98 Å². The van der Waals surface area contributed by atoms with E-state index < -0.39 is 0 Å². The Morgan fingerprint density at radius 3 is 2.71 bits per heavy atom. The second-order valence-corrected chi connectivity index (χ2v) is 5.63. The topological polar surface area (TPSA) is 68.0 Å². The van der Waals surface area contributed by atoms with Crippen molar-refractivity contribution in [1.82, 2.24) is 10.1 Å². The molecule has 122 valence electrons. The first-order chi connectivity index (χ1) is 11.7. The van der Waals surface area contributed by atoms with Crippen LogP contribution < -0.4 is 5.32 Å². The maximum Gasteiger partial charge on any atom is 0.245 e. The summed E-state index contributed by atoms with van der Waals surface area (Å²) in [5, 5.41) is 7.53. The molecule has 0 saturated carbocycles. The van der Waals surface area contributed by atoms with Gasteiger partial charge in [-0.15, -0.1) is 0 Å². The Bertz CT molecular complexity index is 846. The molecule has 0 aliphatic carbocycles. The van der Waals surface area contributed by atoms with E-state index in [0.29, 0.717) is 46.5 Å². The lowest BCUT2D eigenvalue weighted by atomic mass is 10.0. The van der Waals surface area contributed by atoms with Crippen molar-refractivity contribution >= 4 is 23.1 Å². The van der Waals surface area contributed by atoms with Gasteiger partial charge < -0.3 is 9.84 Å². The summed E-state index contributed by atoms with van der Waals surface area (Å²) in [4.78, 5) is 17.0. The summed E-state index contributed by atoms with van der Waals surface area (Å²) in [6.45, 7) is 2.29. The second kappa shape index (κ2) is 7.27. The third kappa shape index (κ3) is 3.63. The first-order valence-corrected chi connectivity index (χ1v) is 8.00. The third-order valence-electron chi connectivity index (χ3n) is 3.52. The highest BCUT2D eigenvalue weighted by Gasteiger charge is 2.15. The lowest BCUT2D eigenvalue weighted by Crippen LogP contribution is -2.08. The summed E-state index contributed by atoms with van der Waals surface area (Å²) >= 11 is 6.07. The van der Waals surface area contributed by atoms with Gasteiger partial charge in [0.25, 0.3) is 0 Å². The highest BCUT2D eigenvalue weighted by Crippen LogP contribution is 2.24. The van der Waals surface area contributed by atoms with Crippen molar-refractivity contribution in [1.29, 1.82) is 0 Å². The van der Waals surface area contributed by atoms with Gasteiger partial charge in [0.1, 0.15) is 0 Å². The molecule has 0 amide bonds. The van der Waals surface area contributed by atoms with Gasteiger partial charge in [0, 0.05) is 28.3 Å². The van der Waals surface area contributed by atoms with Crippen LogP contribution in [0.25, 0.3) is 0 Å². The van der Waals surface area contributed by atoms with E-state index in [-0.39, 0.29) is 5.78 Å². The van der Waals surface area contributed by atoms with Crippen LogP contribution in [0.5, 0.6) is 0 Å². The molecule has 0 aliphatic heterocycles. The summed E-state index contributed by atoms with van der Waals surface area (Å²) in [6.07, 6.45) is 0.711. The van der Waals surface area contributed by atoms with Crippen molar-refractivity contribution in [3.05, 3.63) is 76.4 Å². The predicted molar refractivity (Wildman–Crippen MR) is 92.3 cm³/mol. The summed E-state index contributed by atoms with van der Waals surface area (Å²) in [5.41, 5.74) is 1.78. The number of aryl methyl sites for hydroxylation is 1. The van der Waals surface area contributed by atoms with Crippen LogP contribution >= 0.6 is 11.6 Å². The maximum atomic E-state index is 12.7. The van der Waals surface area contributed by atoms with Gasteiger partial charge in [0.05, 0.1) is 6.54 Å². The van der Waals surface area contributed by atoms with Crippen molar-refractivity contribution in [2.45, 2.75) is 19.9 Å². The Morgan fingerprint density at radius 1 is 1.21 bits per heavy atom. The van der Waals surface area contributed by atoms with Crippen molar-refractivity contribution in [2.24, 2.45) is 0 Å². The number of ketones is 1. The van der Waals surface area contributed by atoms with Crippen molar-refractivity contribution < 1.29 is 9.32 Å². The van der Waals surface area contributed by atoms with Gasteiger partial charge in [-0.1, -0.05) is 54.0 Å². The van der Waals surface area contributed by atoms with Gasteiger partial charge in [0.15, 0.2) is 11.6 Å². The fraction of sp³-hybridized carbons (Fsp3) is 0.167. The maximum absolute atomic E-state index is 12.7. The molecule has 0 aliphatic rings. The monoisotopic (exact) mass is 341 g/mol. The number of carbonyl (C=O) groups excluding carboxylic acids is 1. The molecule has 0 radical (unpaired) electrons. The molecule has 1 heterocycles. The van der Waals surface area contributed by atoms with Crippen molar-refractivity contribution in [3.63, 3.8) is 0 Å². The van der Waals surface area contributed by atoms with E-state index in [1.165, 1.54) is 0 Å². The zero-order valence-corrected chi connectivity index (χ0v) is 13.9. The second-order valence-electron chi connectivity index (χ2n) is 5.20. The van der Waals surface area contributed by atoms with Crippen LogP contribution in [0.4, 0.5) is 5.69 Å². The van der Waals surface area contributed by atoms with Crippen LogP contribution in [0.15, 0.2) is 53.1 Å². The number of rotatable bonds is 6. The lowest BCUT2D eigenvalue weighted by molar-refractivity contribution is 0.103. The molecule has 0 atom stereocenters. The Morgan fingerprint density at radius 2 is 2.00 bits per heavy atom. The smallest absolute Gasteiger partial charge is 0.245 e. The Hall–Kier alpha value is -2.66. The zero-order valence-electron chi connectivity index (χ0n) is 13.1. The average Bonchev–Trinajstić information content (AvgIpc) is 3.09. The highest BCUT2D eigenvalue weighted by atomic mass is 35.5. The quantitative estimate of drug-likeness (QED) is 0.683. The molecule has 24 heavy (non-hydrogen) atoms. The molecule has 5 nitrogen and oxygen atoms in total. The van der Waals surface area contributed by atoms with Gasteiger partial charge in [-0.3, -0.25) is 4.79 Å². The average molecular weight is 342 g/mol. The summed E-state index contributed by atoms with van der Waals surface area (Å²) in [7, 11) is 0. The molecule has 0 unspecified atom stereocenters. The van der Waals surface area contributed by atoms with Crippen LogP contribution in [0.1, 0.15) is 34.6 Å². The SMILES string of the molecule is CCc1noc(CNc2ccc(Cl)cc2C(=O)c2ccccc2)n1. The van der Waals surface area contributed by atoms with E-state index in [0.717, 1.165) is 0 Å². The molecular weight excluding hydrogens is 326 g/mol. The van der Waals surface area contributed by atoms with Crippen LogP contribution in [0, 0.1) is 0 Å². The summed E-state index contributed by atoms with van der Waals surface area (Å²) in [5.74, 6) is 1.03. The van der Waals surface area contributed by atoms with Gasteiger partial charge in [-0.05, 0) is 18.2 Å². The number of aromatic nitrogens is 2. The van der Waals surface area contributed by atoms with Gasteiger partial charge in [0.2, 0.25) is 5.89 Å². The minimum Gasteiger partial charge on any atom is -0.376 e. The minimum absolute atomic E-state index is 0.0969. The molecule has 1 N–H and O–H groups in total. The molecule has 0 spiro atoms. The molecule has 0 saturated heterocycles. The number of benzene rings is 2. The van der Waals surface area contributed by atoms with Crippen LogP contribution in [-0.4, -0.2) is 15.9 Å². The fourth-order valence-electron chi connectivity index (χ4n) is 2.28. The predicted octanol–water partition coefficient (Wildman–Crippen LogP) is 4.13. The van der Waals surface area contributed by atoms with Crippen molar-refractivity contribution in [2.75, 3.05) is 5.32 Å². The molecule has 1 aromatic heterocycles. The van der Waals surface area contributed by atoms with E-state index in [9.17, 15) is 4.79 Å². The molecule has 3 rings (SSSR count). The third-order valence-corrected chi connectivity index (χ3v) is 3.75. The van der Waals surface area contributed by atoms with E-state index in [2.05, 4.69) is 15.5 Å². The van der Waals surface area contributed by atoms with Gasteiger partial charge >= 0.3 is 0 Å². The molecule has 0 fully saturated rings. The molecule has 3 aromatic rings. The van der Waals surface area contributed by atoms with Crippen LogP contribution in [-0.2, 0) is 13.0 Å². The number of nitrogens with one attached hydrogen (secondary N) is 1. The number of nitrogens with zero attached hydrogens (tertiary/aromatic N) is 2. The molecule has 6 heteroatoms. The van der Waals surface area contributed by atoms with Crippen LogP contribution in [0.3, 0.4) is 0 Å². The van der Waals surface area contributed by atoms with Gasteiger partial charge in [-0.25, -0.2) is 0 Å². The van der Waals surface area contributed by atoms with E-state index in [4.69, 9.17) is 16.1 Å². The molecular formula is C18H16ClN3O2. The standard InChI is InChI=1S/C18H16ClN3O2/c1-2-16-21-17(24-22-16)11-20-15-9-8-13(19)10-14(15)18(23)12-6-4-3-5-7-12/h3-10,20H,2,11H2,1H3.